The molecule has 0 radical (unpaired) electrons. The lowest BCUT2D eigenvalue weighted by molar-refractivity contribution is -0.135. The Labute approximate surface area is 145 Å². The Morgan fingerprint density at radius 2 is 2.00 bits per heavy atom. The molecule has 136 valence electrons. The van der Waals surface area contributed by atoms with Gasteiger partial charge in [-0.15, -0.1) is 0 Å². The number of hydrogen-bond acceptors (Lipinski definition) is 6. The Morgan fingerprint density at radius 3 is 2.58 bits per heavy atom. The number of carboxylic acids is 1. The standard InChI is InChI=1S/C16H12F3N3O4/c1-22(7-11(23)24)14-12(17)15(19)21-16(13(14)18)26-10-5-8(6-20)3-4-9(10)25-2/h3-5H,7H2,1-2H3,(H,23,24). The zero-order valence-corrected chi connectivity index (χ0v) is 13.6. The highest BCUT2D eigenvalue weighted by Gasteiger charge is 2.26. The average Bonchev–Trinajstić information content (AvgIpc) is 2.59. The van der Waals surface area contributed by atoms with Crippen LogP contribution in [0.5, 0.6) is 17.4 Å². The van der Waals surface area contributed by atoms with Crippen LogP contribution in [0.25, 0.3) is 0 Å². The number of carbonyl (C=O) groups is 1. The Kier molecular flexibility index (Phi) is 5.51. The molecule has 7 nitrogen and oxygen atoms in total. The van der Waals surface area contributed by atoms with Gasteiger partial charge in [0.1, 0.15) is 12.2 Å². The lowest BCUT2D eigenvalue weighted by atomic mass is 10.2. The van der Waals surface area contributed by atoms with Crippen molar-refractivity contribution in [1.82, 2.24) is 4.98 Å². The minimum Gasteiger partial charge on any atom is -0.493 e. The molecule has 0 amide bonds. The van der Waals surface area contributed by atoms with Crippen molar-refractivity contribution in [2.45, 2.75) is 0 Å². The monoisotopic (exact) mass is 367 g/mol. The van der Waals surface area contributed by atoms with E-state index >= 15 is 0 Å². The minimum atomic E-state index is -1.68. The zero-order valence-electron chi connectivity index (χ0n) is 13.6. The van der Waals surface area contributed by atoms with Crippen molar-refractivity contribution < 1.29 is 32.5 Å². The first-order valence-electron chi connectivity index (χ1n) is 7.01. The molecule has 0 atom stereocenters. The molecule has 2 rings (SSSR count). The molecule has 0 bridgehead atoms. The molecule has 1 aromatic heterocycles. The van der Waals surface area contributed by atoms with E-state index in [0.29, 0.717) is 4.90 Å². The Bertz CT molecular complexity index is 899. The maximum atomic E-state index is 14.6. The number of pyridine rings is 1. The van der Waals surface area contributed by atoms with Gasteiger partial charge in [-0.1, -0.05) is 0 Å². The van der Waals surface area contributed by atoms with Crippen LogP contribution in [0.3, 0.4) is 0 Å². The van der Waals surface area contributed by atoms with Crippen molar-refractivity contribution in [3.63, 3.8) is 0 Å². The van der Waals surface area contributed by atoms with E-state index in [9.17, 15) is 18.0 Å². The van der Waals surface area contributed by atoms with Gasteiger partial charge in [-0.3, -0.25) is 4.79 Å². The molecule has 0 aliphatic heterocycles. The van der Waals surface area contributed by atoms with Crippen LogP contribution < -0.4 is 14.4 Å². The molecule has 0 fully saturated rings. The second-order valence-electron chi connectivity index (χ2n) is 5.01. The molecule has 0 saturated heterocycles. The summed E-state index contributed by atoms with van der Waals surface area (Å²) in [4.78, 5) is 14.5. The van der Waals surface area contributed by atoms with Crippen LogP contribution in [0.15, 0.2) is 18.2 Å². The van der Waals surface area contributed by atoms with Gasteiger partial charge in [0.25, 0.3) is 11.8 Å². The summed E-state index contributed by atoms with van der Waals surface area (Å²) in [6.45, 7) is -0.788. The van der Waals surface area contributed by atoms with E-state index in [1.807, 2.05) is 6.07 Å². The summed E-state index contributed by atoms with van der Waals surface area (Å²) in [6, 6.07) is 5.80. The topological polar surface area (TPSA) is 95.7 Å². The number of aliphatic carboxylic acids is 1. The number of nitriles is 1. The number of rotatable bonds is 6. The number of carboxylic acid groups (broad SMARTS) is 1. The molecule has 0 aliphatic rings. The molecular weight excluding hydrogens is 355 g/mol. The summed E-state index contributed by atoms with van der Waals surface area (Å²) in [6.07, 6.45) is 0. The quantitative estimate of drug-likeness (QED) is 0.784. The van der Waals surface area contributed by atoms with Crippen molar-refractivity contribution in [3.8, 4) is 23.4 Å². The molecule has 0 unspecified atom stereocenters. The molecule has 26 heavy (non-hydrogen) atoms. The second-order valence-corrected chi connectivity index (χ2v) is 5.01. The fourth-order valence-electron chi connectivity index (χ4n) is 2.10. The van der Waals surface area contributed by atoms with Crippen molar-refractivity contribution in [2.75, 3.05) is 25.6 Å². The number of aromatic nitrogens is 1. The fourth-order valence-corrected chi connectivity index (χ4v) is 2.10. The summed E-state index contributed by atoms with van der Waals surface area (Å²) < 4.78 is 52.4. The van der Waals surface area contributed by atoms with E-state index in [1.165, 1.54) is 25.3 Å². The van der Waals surface area contributed by atoms with Gasteiger partial charge in [0.2, 0.25) is 11.6 Å². The number of likely N-dealkylation sites (N-methyl/N-ethyl adjacent to an activating group) is 1. The number of benzene rings is 1. The van der Waals surface area contributed by atoms with Crippen LogP contribution in [0.1, 0.15) is 5.56 Å². The number of ether oxygens (including phenoxy) is 2. The molecule has 1 heterocycles. The lowest BCUT2D eigenvalue weighted by Gasteiger charge is -2.19. The van der Waals surface area contributed by atoms with Gasteiger partial charge >= 0.3 is 5.97 Å². The first-order chi connectivity index (χ1) is 12.3. The van der Waals surface area contributed by atoms with Crippen molar-refractivity contribution in [1.29, 1.82) is 5.26 Å². The first kappa shape index (κ1) is 18.9. The summed E-state index contributed by atoms with van der Waals surface area (Å²) in [5.74, 6) is -7.12. The smallest absolute Gasteiger partial charge is 0.323 e. The van der Waals surface area contributed by atoms with Crippen molar-refractivity contribution in [3.05, 3.63) is 41.3 Å². The van der Waals surface area contributed by atoms with Gasteiger partial charge in [0, 0.05) is 13.1 Å². The molecule has 0 aliphatic carbocycles. The molecule has 0 spiro atoms. The van der Waals surface area contributed by atoms with Gasteiger partial charge in [-0.05, 0) is 12.1 Å². The van der Waals surface area contributed by atoms with Crippen LogP contribution in [0.2, 0.25) is 0 Å². The van der Waals surface area contributed by atoms with E-state index in [1.54, 1.807) is 0 Å². The Hall–Kier alpha value is -3.48. The van der Waals surface area contributed by atoms with Crippen LogP contribution in [-0.2, 0) is 4.79 Å². The van der Waals surface area contributed by atoms with Gasteiger partial charge in [0.05, 0.1) is 18.7 Å². The third kappa shape index (κ3) is 3.77. The third-order valence-electron chi connectivity index (χ3n) is 3.24. The van der Waals surface area contributed by atoms with E-state index < -0.39 is 41.7 Å². The fraction of sp³-hybridized carbons (Fsp3) is 0.188. The summed E-state index contributed by atoms with van der Waals surface area (Å²) >= 11 is 0. The second kappa shape index (κ2) is 7.60. The molecule has 1 aromatic carbocycles. The summed E-state index contributed by atoms with van der Waals surface area (Å²) in [5, 5.41) is 17.7. The molecule has 10 heteroatoms. The lowest BCUT2D eigenvalue weighted by Crippen LogP contribution is -2.27. The number of halogens is 3. The number of hydrogen-bond donors (Lipinski definition) is 1. The molecular formula is C16H12F3N3O4. The average molecular weight is 367 g/mol. The number of nitrogens with zero attached hydrogens (tertiary/aromatic N) is 3. The molecule has 0 saturated carbocycles. The minimum absolute atomic E-state index is 0.0929. The highest BCUT2D eigenvalue weighted by atomic mass is 19.2. The Balaban J connectivity index is 2.53. The number of methoxy groups -OCH3 is 1. The van der Waals surface area contributed by atoms with Crippen LogP contribution in [0.4, 0.5) is 18.9 Å². The van der Waals surface area contributed by atoms with Crippen LogP contribution in [0, 0.1) is 28.9 Å². The van der Waals surface area contributed by atoms with E-state index in [2.05, 4.69) is 4.98 Å². The first-order valence-corrected chi connectivity index (χ1v) is 7.01. The van der Waals surface area contributed by atoms with E-state index in [0.717, 1.165) is 7.05 Å². The third-order valence-corrected chi connectivity index (χ3v) is 3.24. The zero-order chi connectivity index (χ0) is 19.4. The number of anilines is 1. The van der Waals surface area contributed by atoms with Gasteiger partial charge < -0.3 is 19.5 Å². The maximum absolute atomic E-state index is 14.6. The molecule has 1 N–H and O–H groups in total. The predicted molar refractivity (Wildman–Crippen MR) is 82.8 cm³/mol. The normalized spacial score (nSPS) is 10.2. The highest BCUT2D eigenvalue weighted by molar-refractivity contribution is 5.74. The van der Waals surface area contributed by atoms with Gasteiger partial charge in [-0.2, -0.15) is 23.4 Å². The SMILES string of the molecule is COc1ccc(C#N)cc1Oc1nc(F)c(F)c(N(C)CC(=O)O)c1F. The van der Waals surface area contributed by atoms with Crippen molar-refractivity contribution >= 4 is 11.7 Å². The van der Waals surface area contributed by atoms with Crippen LogP contribution >= 0.6 is 0 Å². The van der Waals surface area contributed by atoms with Crippen LogP contribution in [-0.4, -0.2) is 36.8 Å². The Morgan fingerprint density at radius 1 is 1.31 bits per heavy atom. The van der Waals surface area contributed by atoms with E-state index in [-0.39, 0.29) is 17.1 Å². The maximum Gasteiger partial charge on any atom is 0.323 e. The summed E-state index contributed by atoms with van der Waals surface area (Å²) in [7, 11) is 2.35. The van der Waals surface area contributed by atoms with Gasteiger partial charge in [-0.25, -0.2) is 0 Å². The van der Waals surface area contributed by atoms with Gasteiger partial charge in [0.15, 0.2) is 11.5 Å². The summed E-state index contributed by atoms with van der Waals surface area (Å²) in [5.41, 5.74) is -0.808. The molecule has 2 aromatic rings. The predicted octanol–water partition coefficient (Wildman–Crippen LogP) is 2.69. The van der Waals surface area contributed by atoms with Crippen molar-refractivity contribution in [2.24, 2.45) is 0 Å². The van der Waals surface area contributed by atoms with E-state index in [4.69, 9.17) is 19.8 Å². The largest absolute Gasteiger partial charge is 0.493 e. The highest BCUT2D eigenvalue weighted by Crippen LogP contribution is 2.36.